The van der Waals surface area contributed by atoms with E-state index in [1.165, 1.54) is 4.68 Å². The Morgan fingerprint density at radius 2 is 1.84 bits per heavy atom. The van der Waals surface area contributed by atoms with Gasteiger partial charge in [-0.3, -0.25) is 9.59 Å². The molecule has 1 N–H and O–H groups in total. The highest BCUT2D eigenvalue weighted by atomic mass is 16.5. The van der Waals surface area contributed by atoms with E-state index in [0.717, 1.165) is 22.4 Å². The molecule has 0 radical (unpaired) electrons. The van der Waals surface area contributed by atoms with Crippen LogP contribution < -0.4 is 25.1 Å². The topological polar surface area (TPSA) is 83.7 Å². The Hall–Kier alpha value is -4.46. The normalized spacial score (nSPS) is 11.8. The van der Waals surface area contributed by atoms with Crippen LogP contribution >= 0.6 is 0 Å². The second-order valence-electron chi connectivity index (χ2n) is 8.96. The molecule has 8 nitrogen and oxygen atoms in total. The van der Waals surface area contributed by atoms with Gasteiger partial charge in [0, 0.05) is 17.7 Å². The highest BCUT2D eigenvalue weighted by Crippen LogP contribution is 2.41. The number of para-hydroxylation sites is 1. The number of carbonyl (C=O) groups is 1. The first-order valence-electron chi connectivity index (χ1n) is 12.2. The lowest BCUT2D eigenvalue weighted by Gasteiger charge is -2.21. The molecule has 37 heavy (non-hydrogen) atoms. The summed E-state index contributed by atoms with van der Waals surface area (Å²) >= 11 is 0. The molecule has 0 spiro atoms. The van der Waals surface area contributed by atoms with E-state index >= 15 is 0 Å². The molecular formula is C29H29N3O5. The van der Waals surface area contributed by atoms with Gasteiger partial charge in [0.1, 0.15) is 12.3 Å². The fraction of sp³-hybridized carbons (Fsp3) is 0.241. The fourth-order valence-corrected chi connectivity index (χ4v) is 4.50. The van der Waals surface area contributed by atoms with Crippen LogP contribution in [0, 0.1) is 13.8 Å². The lowest BCUT2D eigenvalue weighted by molar-refractivity contribution is -0.117. The number of benzene rings is 3. The van der Waals surface area contributed by atoms with Crippen molar-refractivity contribution >= 4 is 11.6 Å². The van der Waals surface area contributed by atoms with Crippen molar-refractivity contribution < 1.29 is 19.0 Å². The number of fused-ring (bicyclic) bond motifs is 2. The van der Waals surface area contributed by atoms with Crippen molar-refractivity contribution in [3.05, 3.63) is 93.3 Å². The summed E-state index contributed by atoms with van der Waals surface area (Å²) in [5.74, 6) is 1.89. The van der Waals surface area contributed by atoms with Crippen LogP contribution in [0.2, 0.25) is 0 Å². The molecule has 2 heterocycles. The Bertz CT molecular complexity index is 1530. The maximum atomic E-state index is 13.7. The van der Waals surface area contributed by atoms with Crippen molar-refractivity contribution in [1.29, 1.82) is 0 Å². The quantitative estimate of drug-likeness (QED) is 0.341. The SMILES string of the molecule is CCOc1ccc(NC(=O)Cn2c3c(c(=O)n2-c2ccc(C)c(C)c2)Cc2cccc(OC)c2O3)cc1. The Kier molecular flexibility index (Phi) is 6.48. The van der Waals surface area contributed by atoms with Gasteiger partial charge in [-0.2, -0.15) is 0 Å². The van der Waals surface area contributed by atoms with Crippen molar-refractivity contribution in [1.82, 2.24) is 9.36 Å². The third kappa shape index (κ3) is 4.58. The minimum Gasteiger partial charge on any atom is -0.494 e. The Morgan fingerprint density at radius 1 is 1.05 bits per heavy atom. The zero-order chi connectivity index (χ0) is 26.1. The number of amides is 1. The number of rotatable bonds is 7. The van der Waals surface area contributed by atoms with Crippen LogP contribution in [0.5, 0.6) is 23.1 Å². The number of hydrogen-bond donors (Lipinski definition) is 1. The Labute approximate surface area is 215 Å². The van der Waals surface area contributed by atoms with Crippen LogP contribution in [-0.2, 0) is 17.8 Å². The van der Waals surface area contributed by atoms with E-state index in [1.807, 2.05) is 57.2 Å². The first-order chi connectivity index (χ1) is 17.9. The van der Waals surface area contributed by atoms with Gasteiger partial charge in [-0.1, -0.05) is 18.2 Å². The van der Waals surface area contributed by atoms with Gasteiger partial charge in [0.25, 0.3) is 5.56 Å². The number of anilines is 1. The van der Waals surface area contributed by atoms with Crippen LogP contribution in [-0.4, -0.2) is 29.0 Å². The zero-order valence-electron chi connectivity index (χ0n) is 21.3. The summed E-state index contributed by atoms with van der Waals surface area (Å²) in [6.45, 7) is 6.36. The average Bonchev–Trinajstić information content (AvgIpc) is 3.15. The molecule has 8 heteroatoms. The summed E-state index contributed by atoms with van der Waals surface area (Å²) in [6.07, 6.45) is 0.374. The highest BCUT2D eigenvalue weighted by molar-refractivity contribution is 5.90. The lowest BCUT2D eigenvalue weighted by atomic mass is 10.0. The smallest absolute Gasteiger partial charge is 0.278 e. The molecule has 0 unspecified atom stereocenters. The number of aromatic nitrogens is 2. The van der Waals surface area contributed by atoms with E-state index in [4.69, 9.17) is 14.2 Å². The van der Waals surface area contributed by atoms with Gasteiger partial charge in [-0.15, -0.1) is 0 Å². The molecule has 4 aromatic rings. The standard InChI is InChI=1S/C29H29N3O5/c1-5-36-23-13-10-21(11-14-23)30-26(33)17-31-29-24(16-20-7-6-8-25(35-4)27(20)37-29)28(34)32(31)22-12-9-18(2)19(3)15-22/h6-15H,5,16-17H2,1-4H3,(H,30,33). The van der Waals surface area contributed by atoms with E-state index < -0.39 is 0 Å². The van der Waals surface area contributed by atoms with Crippen molar-refractivity contribution in [3.8, 4) is 28.8 Å². The number of ether oxygens (including phenoxy) is 3. The second-order valence-corrected chi connectivity index (χ2v) is 8.96. The van der Waals surface area contributed by atoms with Gasteiger partial charge >= 0.3 is 0 Å². The molecule has 5 rings (SSSR count). The predicted octanol–water partition coefficient (Wildman–Crippen LogP) is 5.00. The Morgan fingerprint density at radius 3 is 2.54 bits per heavy atom. The van der Waals surface area contributed by atoms with Crippen LogP contribution in [0.4, 0.5) is 5.69 Å². The number of methoxy groups -OCH3 is 1. The van der Waals surface area contributed by atoms with Crippen LogP contribution in [0.15, 0.2) is 65.5 Å². The van der Waals surface area contributed by atoms with E-state index in [0.29, 0.717) is 47.3 Å². The number of nitrogens with one attached hydrogen (secondary N) is 1. The predicted molar refractivity (Wildman–Crippen MR) is 142 cm³/mol. The van der Waals surface area contributed by atoms with Gasteiger partial charge in [0.05, 0.1) is 25.0 Å². The van der Waals surface area contributed by atoms with Crippen LogP contribution in [0.3, 0.4) is 0 Å². The van der Waals surface area contributed by atoms with Gasteiger partial charge in [-0.25, -0.2) is 9.36 Å². The molecule has 0 saturated heterocycles. The first-order valence-corrected chi connectivity index (χ1v) is 12.2. The van der Waals surface area contributed by atoms with Crippen molar-refractivity contribution in [2.75, 3.05) is 19.0 Å². The average molecular weight is 500 g/mol. The fourth-order valence-electron chi connectivity index (χ4n) is 4.50. The van der Waals surface area contributed by atoms with E-state index in [1.54, 1.807) is 36.1 Å². The van der Waals surface area contributed by atoms with Crippen molar-refractivity contribution in [2.45, 2.75) is 33.7 Å². The largest absolute Gasteiger partial charge is 0.494 e. The maximum absolute atomic E-state index is 13.7. The maximum Gasteiger partial charge on any atom is 0.278 e. The Balaban J connectivity index is 1.55. The van der Waals surface area contributed by atoms with E-state index in [9.17, 15) is 9.59 Å². The number of carbonyl (C=O) groups excluding carboxylic acids is 1. The van der Waals surface area contributed by atoms with Gasteiger partial charge < -0.3 is 19.5 Å². The lowest BCUT2D eigenvalue weighted by Crippen LogP contribution is -2.27. The van der Waals surface area contributed by atoms with Gasteiger partial charge in [0.15, 0.2) is 11.5 Å². The molecule has 1 aromatic heterocycles. The highest BCUT2D eigenvalue weighted by Gasteiger charge is 2.30. The summed E-state index contributed by atoms with van der Waals surface area (Å²) in [6, 6.07) is 18.5. The number of nitrogens with zero attached hydrogens (tertiary/aromatic N) is 2. The molecule has 1 aliphatic rings. The van der Waals surface area contributed by atoms with Gasteiger partial charge in [-0.05, 0) is 74.4 Å². The summed E-state index contributed by atoms with van der Waals surface area (Å²) in [7, 11) is 1.58. The summed E-state index contributed by atoms with van der Waals surface area (Å²) in [5, 5.41) is 2.91. The van der Waals surface area contributed by atoms with Crippen molar-refractivity contribution in [2.24, 2.45) is 0 Å². The van der Waals surface area contributed by atoms with E-state index in [2.05, 4.69) is 5.32 Å². The third-order valence-corrected chi connectivity index (χ3v) is 6.51. The third-order valence-electron chi connectivity index (χ3n) is 6.51. The molecule has 0 bridgehead atoms. The van der Waals surface area contributed by atoms with Crippen LogP contribution in [0.1, 0.15) is 29.2 Å². The molecule has 0 saturated carbocycles. The molecule has 3 aromatic carbocycles. The number of aryl methyl sites for hydroxylation is 2. The second kappa shape index (κ2) is 9.89. The monoisotopic (exact) mass is 499 g/mol. The molecule has 1 aliphatic heterocycles. The molecular weight excluding hydrogens is 470 g/mol. The minimum absolute atomic E-state index is 0.130. The molecule has 190 valence electrons. The summed E-state index contributed by atoms with van der Waals surface area (Å²) in [4.78, 5) is 26.9. The summed E-state index contributed by atoms with van der Waals surface area (Å²) < 4.78 is 20.4. The minimum atomic E-state index is -0.297. The number of hydrogen-bond acceptors (Lipinski definition) is 5. The molecule has 0 fully saturated rings. The first kappa shape index (κ1) is 24.2. The zero-order valence-corrected chi connectivity index (χ0v) is 21.3. The van der Waals surface area contributed by atoms with Crippen molar-refractivity contribution in [3.63, 3.8) is 0 Å². The molecule has 1 amide bonds. The summed E-state index contributed by atoms with van der Waals surface area (Å²) in [5.41, 5.74) is 4.57. The van der Waals surface area contributed by atoms with E-state index in [-0.39, 0.29) is 18.0 Å². The molecule has 0 atom stereocenters. The van der Waals surface area contributed by atoms with Crippen LogP contribution in [0.25, 0.3) is 5.69 Å². The molecule has 0 aliphatic carbocycles. The van der Waals surface area contributed by atoms with Gasteiger partial charge in [0.2, 0.25) is 11.8 Å².